The van der Waals surface area contributed by atoms with Crippen LogP contribution in [0.2, 0.25) is 10.4 Å². The van der Waals surface area contributed by atoms with Crippen molar-refractivity contribution < 1.29 is 4.52 Å². The van der Waals surface area contributed by atoms with Crippen LogP contribution in [0.1, 0.15) is 0 Å². The molecule has 0 fully saturated rings. The summed E-state index contributed by atoms with van der Waals surface area (Å²) in [6, 6.07) is 3.32. The van der Waals surface area contributed by atoms with E-state index in [2.05, 4.69) is 15.1 Å². The topological polar surface area (TPSA) is 51.8 Å². The van der Waals surface area contributed by atoms with E-state index < -0.39 is 0 Å². The van der Waals surface area contributed by atoms with Crippen LogP contribution in [0.3, 0.4) is 0 Å². The summed E-state index contributed by atoms with van der Waals surface area (Å²) < 4.78 is 4.83. The lowest BCUT2D eigenvalue weighted by atomic mass is 10.3. The molecule has 0 unspecified atom stereocenters. The largest absolute Gasteiger partial charge is 0.333 e. The molecule has 66 valence electrons. The van der Waals surface area contributed by atoms with Crippen molar-refractivity contribution in [3.63, 3.8) is 0 Å². The van der Waals surface area contributed by atoms with E-state index in [1.54, 1.807) is 18.3 Å². The number of aromatic nitrogens is 3. The molecule has 0 amide bonds. The molecule has 2 rings (SSSR count). The Bertz CT molecular complexity index is 429. The first-order valence-corrected chi connectivity index (χ1v) is 4.12. The summed E-state index contributed by atoms with van der Waals surface area (Å²) in [5.41, 5.74) is 0.694. The van der Waals surface area contributed by atoms with E-state index in [4.69, 9.17) is 27.7 Å². The molecule has 0 atom stereocenters. The molecule has 13 heavy (non-hydrogen) atoms. The molecule has 0 aliphatic heterocycles. The summed E-state index contributed by atoms with van der Waals surface area (Å²) in [6.45, 7) is 0. The zero-order valence-corrected chi connectivity index (χ0v) is 7.75. The van der Waals surface area contributed by atoms with Crippen LogP contribution in [-0.2, 0) is 0 Å². The van der Waals surface area contributed by atoms with Crippen molar-refractivity contribution in [3.8, 4) is 11.5 Å². The zero-order valence-electron chi connectivity index (χ0n) is 6.24. The van der Waals surface area contributed by atoms with Gasteiger partial charge in [0, 0.05) is 11.8 Å². The number of halogens is 2. The van der Waals surface area contributed by atoms with E-state index in [0.717, 1.165) is 0 Å². The van der Waals surface area contributed by atoms with Gasteiger partial charge in [-0.2, -0.15) is 4.98 Å². The van der Waals surface area contributed by atoms with Crippen LogP contribution in [0.4, 0.5) is 0 Å². The van der Waals surface area contributed by atoms with E-state index in [-0.39, 0.29) is 5.28 Å². The third-order valence-electron chi connectivity index (χ3n) is 1.37. The molecule has 0 saturated carbocycles. The predicted octanol–water partition coefficient (Wildman–Crippen LogP) is 2.44. The van der Waals surface area contributed by atoms with Crippen LogP contribution in [0.25, 0.3) is 11.5 Å². The van der Waals surface area contributed by atoms with E-state index in [0.29, 0.717) is 16.6 Å². The summed E-state index contributed by atoms with van der Waals surface area (Å²) in [4.78, 5) is 7.64. The predicted molar refractivity (Wildman–Crippen MR) is 47.5 cm³/mol. The molecule has 0 N–H and O–H groups in total. The fraction of sp³-hybridized carbons (Fsp3) is 0. The Morgan fingerprint density at radius 2 is 2.15 bits per heavy atom. The minimum atomic E-state index is 0.0722. The monoisotopic (exact) mass is 215 g/mol. The van der Waals surface area contributed by atoms with Crippen LogP contribution in [0.5, 0.6) is 0 Å². The van der Waals surface area contributed by atoms with Gasteiger partial charge >= 0.3 is 0 Å². The molecule has 0 saturated heterocycles. The van der Waals surface area contributed by atoms with Crippen LogP contribution in [0.15, 0.2) is 22.9 Å². The van der Waals surface area contributed by atoms with Crippen LogP contribution in [0, 0.1) is 0 Å². The first-order valence-electron chi connectivity index (χ1n) is 3.37. The number of pyridine rings is 1. The first-order chi connectivity index (χ1) is 6.25. The Morgan fingerprint density at radius 1 is 1.31 bits per heavy atom. The van der Waals surface area contributed by atoms with Gasteiger partial charge in [-0.15, -0.1) is 0 Å². The second-order valence-electron chi connectivity index (χ2n) is 2.24. The van der Waals surface area contributed by atoms with Crippen molar-refractivity contribution in [2.45, 2.75) is 0 Å². The van der Waals surface area contributed by atoms with Gasteiger partial charge in [0.15, 0.2) is 0 Å². The van der Waals surface area contributed by atoms with Gasteiger partial charge in [0.05, 0.1) is 0 Å². The average molecular weight is 216 g/mol. The molecule has 0 spiro atoms. The van der Waals surface area contributed by atoms with Crippen molar-refractivity contribution in [2.75, 3.05) is 0 Å². The standard InChI is InChI=1S/C7H3Cl2N3O/c8-5-3-4(1-2-10-5)6-11-7(9)12-13-6/h1-3H. The maximum Gasteiger partial charge on any atom is 0.264 e. The number of hydrogen-bond donors (Lipinski definition) is 0. The number of nitrogens with zero attached hydrogens (tertiary/aromatic N) is 3. The van der Waals surface area contributed by atoms with Gasteiger partial charge in [0.25, 0.3) is 11.2 Å². The quantitative estimate of drug-likeness (QED) is 0.687. The average Bonchev–Trinajstić information content (AvgIpc) is 2.52. The Morgan fingerprint density at radius 3 is 2.77 bits per heavy atom. The van der Waals surface area contributed by atoms with Gasteiger partial charge < -0.3 is 4.52 Å². The minimum absolute atomic E-state index is 0.0722. The molecule has 0 aliphatic rings. The lowest BCUT2D eigenvalue weighted by molar-refractivity contribution is 0.430. The molecular formula is C7H3Cl2N3O. The van der Waals surface area contributed by atoms with Gasteiger partial charge in [-0.3, -0.25) is 0 Å². The van der Waals surface area contributed by atoms with Crippen molar-refractivity contribution in [3.05, 3.63) is 28.8 Å². The summed E-state index contributed by atoms with van der Waals surface area (Å²) in [6.07, 6.45) is 1.55. The van der Waals surface area contributed by atoms with Gasteiger partial charge in [0.2, 0.25) is 0 Å². The van der Waals surface area contributed by atoms with Crippen LogP contribution >= 0.6 is 23.2 Å². The van der Waals surface area contributed by atoms with Gasteiger partial charge in [-0.25, -0.2) is 4.98 Å². The molecular weight excluding hydrogens is 213 g/mol. The van der Waals surface area contributed by atoms with Gasteiger partial charge in [0.1, 0.15) is 5.15 Å². The first kappa shape index (κ1) is 8.47. The number of hydrogen-bond acceptors (Lipinski definition) is 4. The summed E-state index contributed by atoms with van der Waals surface area (Å²) in [5, 5.41) is 3.88. The van der Waals surface area contributed by atoms with E-state index in [9.17, 15) is 0 Å². The SMILES string of the molecule is Clc1cc(-c2nc(Cl)no2)ccn1. The fourth-order valence-electron chi connectivity index (χ4n) is 0.858. The summed E-state index contributed by atoms with van der Waals surface area (Å²) in [7, 11) is 0. The second kappa shape index (κ2) is 3.32. The molecule has 0 bridgehead atoms. The summed E-state index contributed by atoms with van der Waals surface area (Å²) in [5.74, 6) is 0.328. The third-order valence-corrected chi connectivity index (χ3v) is 1.73. The Balaban J connectivity index is 2.46. The van der Waals surface area contributed by atoms with Crippen molar-refractivity contribution >= 4 is 23.2 Å². The fourth-order valence-corrected chi connectivity index (χ4v) is 1.14. The second-order valence-corrected chi connectivity index (χ2v) is 2.96. The molecule has 2 heterocycles. The maximum absolute atomic E-state index is 5.67. The smallest absolute Gasteiger partial charge is 0.264 e. The molecule has 4 nitrogen and oxygen atoms in total. The molecule has 0 aromatic carbocycles. The number of rotatable bonds is 1. The zero-order chi connectivity index (χ0) is 9.26. The molecule has 2 aromatic heterocycles. The molecule has 6 heteroatoms. The Labute approximate surface area is 83.5 Å². The normalized spacial score (nSPS) is 10.3. The third kappa shape index (κ3) is 1.79. The Hall–Kier alpha value is -1.13. The highest BCUT2D eigenvalue weighted by atomic mass is 35.5. The van der Waals surface area contributed by atoms with E-state index >= 15 is 0 Å². The van der Waals surface area contributed by atoms with E-state index in [1.165, 1.54) is 0 Å². The lowest BCUT2D eigenvalue weighted by Crippen LogP contribution is -1.79. The van der Waals surface area contributed by atoms with Crippen molar-refractivity contribution in [2.24, 2.45) is 0 Å². The Kier molecular flexibility index (Phi) is 2.16. The highest BCUT2D eigenvalue weighted by Gasteiger charge is 2.06. The minimum Gasteiger partial charge on any atom is -0.333 e. The van der Waals surface area contributed by atoms with Crippen LogP contribution < -0.4 is 0 Å². The summed E-state index contributed by atoms with van der Waals surface area (Å²) >= 11 is 11.2. The van der Waals surface area contributed by atoms with Crippen molar-refractivity contribution in [1.29, 1.82) is 0 Å². The van der Waals surface area contributed by atoms with E-state index in [1.807, 2.05) is 0 Å². The van der Waals surface area contributed by atoms with Crippen LogP contribution in [-0.4, -0.2) is 15.1 Å². The highest BCUT2D eigenvalue weighted by Crippen LogP contribution is 2.20. The lowest BCUT2D eigenvalue weighted by Gasteiger charge is -1.92. The van der Waals surface area contributed by atoms with Gasteiger partial charge in [-0.1, -0.05) is 11.6 Å². The highest BCUT2D eigenvalue weighted by molar-refractivity contribution is 6.29. The maximum atomic E-state index is 5.67. The molecule has 2 aromatic rings. The molecule has 0 radical (unpaired) electrons. The molecule has 0 aliphatic carbocycles. The van der Waals surface area contributed by atoms with Gasteiger partial charge in [-0.05, 0) is 28.9 Å². The van der Waals surface area contributed by atoms with Crippen molar-refractivity contribution in [1.82, 2.24) is 15.1 Å².